The van der Waals surface area contributed by atoms with Gasteiger partial charge in [0.15, 0.2) is 5.13 Å². The third-order valence-corrected chi connectivity index (χ3v) is 6.64. The maximum absolute atomic E-state index is 13.2. The second kappa shape index (κ2) is 7.73. The number of carbonyl (C=O) groups is 2. The standard InChI is InChI=1S/C26H20N2O3S/c1-15-8-11-17(12-9-15)22-21(23(29)18-6-4-3-5-7-18)24(30)25(31)28(22)26-27-19-13-10-16(2)14-20(19)32-26/h3-14,22,29H,1-2H3/t22-/m0/s1. The van der Waals surface area contributed by atoms with Crippen molar-refractivity contribution in [1.29, 1.82) is 0 Å². The van der Waals surface area contributed by atoms with Gasteiger partial charge in [-0.05, 0) is 37.1 Å². The Morgan fingerprint density at radius 2 is 1.62 bits per heavy atom. The molecule has 0 spiro atoms. The second-order valence-corrected chi connectivity index (χ2v) is 8.92. The van der Waals surface area contributed by atoms with Gasteiger partial charge >= 0.3 is 5.91 Å². The van der Waals surface area contributed by atoms with Gasteiger partial charge in [-0.15, -0.1) is 0 Å². The number of fused-ring (bicyclic) bond motifs is 1. The first-order valence-electron chi connectivity index (χ1n) is 10.2. The number of rotatable bonds is 3. The number of aromatic nitrogens is 1. The van der Waals surface area contributed by atoms with Gasteiger partial charge in [0.05, 0.1) is 21.8 Å². The van der Waals surface area contributed by atoms with Gasteiger partial charge in [-0.2, -0.15) is 0 Å². The van der Waals surface area contributed by atoms with E-state index >= 15 is 0 Å². The molecule has 0 radical (unpaired) electrons. The van der Waals surface area contributed by atoms with Gasteiger partial charge in [-0.25, -0.2) is 4.98 Å². The molecule has 0 saturated carbocycles. The summed E-state index contributed by atoms with van der Waals surface area (Å²) in [5.74, 6) is -1.59. The maximum atomic E-state index is 13.2. The zero-order valence-electron chi connectivity index (χ0n) is 17.6. The summed E-state index contributed by atoms with van der Waals surface area (Å²) in [6.45, 7) is 3.97. The van der Waals surface area contributed by atoms with E-state index in [4.69, 9.17) is 0 Å². The molecule has 0 unspecified atom stereocenters. The Balaban J connectivity index is 1.73. The highest BCUT2D eigenvalue weighted by atomic mass is 32.1. The average Bonchev–Trinajstić information content (AvgIpc) is 3.32. The topological polar surface area (TPSA) is 70.5 Å². The van der Waals surface area contributed by atoms with Gasteiger partial charge < -0.3 is 5.11 Å². The number of Topliss-reactive ketones (excluding diaryl/α,β-unsaturated/α-hetero) is 1. The highest BCUT2D eigenvalue weighted by molar-refractivity contribution is 7.22. The highest BCUT2D eigenvalue weighted by Gasteiger charge is 2.48. The zero-order chi connectivity index (χ0) is 22.4. The lowest BCUT2D eigenvalue weighted by atomic mass is 9.95. The van der Waals surface area contributed by atoms with Crippen LogP contribution in [0, 0.1) is 13.8 Å². The van der Waals surface area contributed by atoms with Crippen molar-refractivity contribution in [2.75, 3.05) is 4.90 Å². The van der Waals surface area contributed by atoms with Crippen molar-refractivity contribution in [3.63, 3.8) is 0 Å². The molecule has 1 saturated heterocycles. The van der Waals surface area contributed by atoms with E-state index in [0.29, 0.717) is 10.7 Å². The first-order chi connectivity index (χ1) is 15.4. The van der Waals surface area contributed by atoms with E-state index in [9.17, 15) is 14.7 Å². The monoisotopic (exact) mass is 440 g/mol. The minimum Gasteiger partial charge on any atom is -0.507 e. The SMILES string of the molecule is Cc1ccc([C@H]2C(=C(O)c3ccccc3)C(=O)C(=O)N2c2nc3ccc(C)cc3s2)cc1. The molecule has 5 rings (SSSR count). The Kier molecular flexibility index (Phi) is 4.87. The van der Waals surface area contributed by atoms with Crippen LogP contribution in [0.5, 0.6) is 0 Å². The summed E-state index contributed by atoms with van der Waals surface area (Å²) in [7, 11) is 0. The molecular formula is C26H20N2O3S. The Morgan fingerprint density at radius 3 is 2.34 bits per heavy atom. The maximum Gasteiger partial charge on any atom is 0.301 e. The molecule has 1 aromatic heterocycles. The van der Waals surface area contributed by atoms with Crippen molar-refractivity contribution < 1.29 is 14.7 Å². The number of hydrogen-bond donors (Lipinski definition) is 1. The predicted octanol–water partition coefficient (Wildman–Crippen LogP) is 5.54. The van der Waals surface area contributed by atoms with Crippen LogP contribution in [0.3, 0.4) is 0 Å². The number of hydrogen-bond acceptors (Lipinski definition) is 5. The van der Waals surface area contributed by atoms with Crippen LogP contribution in [0.4, 0.5) is 5.13 Å². The number of aliphatic hydroxyl groups excluding tert-OH is 1. The van der Waals surface area contributed by atoms with Crippen molar-refractivity contribution in [3.05, 3.63) is 101 Å². The van der Waals surface area contributed by atoms with Crippen molar-refractivity contribution in [2.45, 2.75) is 19.9 Å². The largest absolute Gasteiger partial charge is 0.507 e. The molecule has 4 aromatic rings. The van der Waals surface area contributed by atoms with Crippen LogP contribution in [-0.4, -0.2) is 21.8 Å². The summed E-state index contributed by atoms with van der Waals surface area (Å²) >= 11 is 1.36. The molecule has 1 aliphatic rings. The van der Waals surface area contributed by atoms with Crippen LogP contribution in [0.1, 0.15) is 28.3 Å². The summed E-state index contributed by atoms with van der Waals surface area (Å²) in [5, 5.41) is 11.5. The minimum atomic E-state index is -0.766. The van der Waals surface area contributed by atoms with Crippen molar-refractivity contribution in [2.24, 2.45) is 0 Å². The molecule has 2 heterocycles. The first-order valence-corrected chi connectivity index (χ1v) is 11.1. The quantitative estimate of drug-likeness (QED) is 0.258. The average molecular weight is 441 g/mol. The summed E-state index contributed by atoms with van der Waals surface area (Å²) in [6, 6.07) is 21.6. The smallest absolute Gasteiger partial charge is 0.301 e. The van der Waals surface area contributed by atoms with Gasteiger partial charge in [0.25, 0.3) is 5.78 Å². The fourth-order valence-corrected chi connectivity index (χ4v) is 5.06. The van der Waals surface area contributed by atoms with Crippen LogP contribution in [0.25, 0.3) is 16.0 Å². The fourth-order valence-electron chi connectivity index (χ4n) is 3.97. The van der Waals surface area contributed by atoms with Crippen molar-refractivity contribution in [3.8, 4) is 0 Å². The summed E-state index contributed by atoms with van der Waals surface area (Å²) in [4.78, 5) is 32.5. The third kappa shape index (κ3) is 3.29. The zero-order valence-corrected chi connectivity index (χ0v) is 18.4. The fraction of sp³-hybridized carbons (Fsp3) is 0.115. The van der Waals surface area contributed by atoms with Gasteiger partial charge in [-0.1, -0.05) is 77.6 Å². The van der Waals surface area contributed by atoms with E-state index in [0.717, 1.165) is 26.9 Å². The Morgan fingerprint density at radius 1 is 0.938 bits per heavy atom. The number of carbonyl (C=O) groups excluding carboxylic acids is 2. The molecule has 1 amide bonds. The molecule has 158 valence electrons. The molecular weight excluding hydrogens is 420 g/mol. The molecule has 32 heavy (non-hydrogen) atoms. The Hall–Kier alpha value is -3.77. The molecule has 1 atom stereocenters. The Bertz CT molecular complexity index is 1390. The lowest BCUT2D eigenvalue weighted by Gasteiger charge is -2.23. The molecule has 0 bridgehead atoms. The number of amides is 1. The lowest BCUT2D eigenvalue weighted by molar-refractivity contribution is -0.132. The van der Waals surface area contributed by atoms with Crippen LogP contribution in [0.15, 0.2) is 78.4 Å². The predicted molar refractivity (Wildman–Crippen MR) is 127 cm³/mol. The summed E-state index contributed by atoms with van der Waals surface area (Å²) in [5.41, 5.74) is 4.21. The highest BCUT2D eigenvalue weighted by Crippen LogP contribution is 2.44. The van der Waals surface area contributed by atoms with E-state index in [1.807, 2.05) is 62.4 Å². The van der Waals surface area contributed by atoms with Gasteiger partial charge in [0.2, 0.25) is 0 Å². The van der Waals surface area contributed by atoms with Gasteiger partial charge in [0, 0.05) is 5.56 Å². The minimum absolute atomic E-state index is 0.0699. The molecule has 0 aliphatic carbocycles. The van der Waals surface area contributed by atoms with E-state index in [1.165, 1.54) is 16.2 Å². The number of anilines is 1. The van der Waals surface area contributed by atoms with Crippen LogP contribution in [0.2, 0.25) is 0 Å². The van der Waals surface area contributed by atoms with Crippen LogP contribution < -0.4 is 4.90 Å². The Labute approximate surface area is 189 Å². The first kappa shape index (κ1) is 20.2. The molecule has 1 N–H and O–H groups in total. The number of benzene rings is 3. The van der Waals surface area contributed by atoms with Crippen LogP contribution in [-0.2, 0) is 9.59 Å². The van der Waals surface area contributed by atoms with Gasteiger partial charge in [-0.3, -0.25) is 14.5 Å². The molecule has 3 aromatic carbocycles. The third-order valence-electron chi connectivity index (χ3n) is 5.62. The van der Waals surface area contributed by atoms with E-state index in [-0.39, 0.29) is 11.3 Å². The second-order valence-electron chi connectivity index (χ2n) is 7.91. The van der Waals surface area contributed by atoms with Gasteiger partial charge in [0.1, 0.15) is 5.76 Å². The van der Waals surface area contributed by atoms with Crippen molar-refractivity contribution >= 4 is 44.1 Å². The lowest BCUT2D eigenvalue weighted by Crippen LogP contribution is -2.29. The number of ketones is 1. The summed E-state index contributed by atoms with van der Waals surface area (Å²) < 4.78 is 0.938. The number of nitrogens with zero attached hydrogens (tertiary/aromatic N) is 2. The summed E-state index contributed by atoms with van der Waals surface area (Å²) in [6.07, 6.45) is 0. The van der Waals surface area contributed by atoms with Crippen LogP contribution >= 0.6 is 11.3 Å². The number of thiazole rings is 1. The molecule has 5 nitrogen and oxygen atoms in total. The molecule has 6 heteroatoms. The van der Waals surface area contributed by atoms with E-state index in [1.54, 1.807) is 24.3 Å². The molecule has 1 fully saturated rings. The molecule has 1 aliphatic heterocycles. The normalized spacial score (nSPS) is 17.9. The van der Waals surface area contributed by atoms with E-state index in [2.05, 4.69) is 4.98 Å². The van der Waals surface area contributed by atoms with E-state index < -0.39 is 17.7 Å². The van der Waals surface area contributed by atoms with Crippen molar-refractivity contribution in [1.82, 2.24) is 4.98 Å². The number of aryl methyl sites for hydroxylation is 2. The number of aliphatic hydroxyl groups is 1.